The Labute approximate surface area is 78.2 Å². The van der Waals surface area contributed by atoms with Crippen LogP contribution >= 0.6 is 0 Å². The number of rotatable bonds is 1. The van der Waals surface area contributed by atoms with E-state index in [1.54, 1.807) is 0 Å². The molecule has 2 heterocycles. The number of carbonyl (C=O) groups is 1. The normalized spacial score (nSPS) is 17.2. The van der Waals surface area contributed by atoms with Gasteiger partial charge in [-0.3, -0.25) is 0 Å². The van der Waals surface area contributed by atoms with Gasteiger partial charge in [0.05, 0.1) is 13.2 Å². The van der Waals surface area contributed by atoms with E-state index < -0.39 is 5.97 Å². The summed E-state index contributed by atoms with van der Waals surface area (Å²) in [5.41, 5.74) is 0. The zero-order valence-electron chi connectivity index (χ0n) is 7.70. The molecule has 4 nitrogen and oxygen atoms in total. The van der Waals surface area contributed by atoms with Gasteiger partial charge < -0.3 is 14.6 Å². The van der Waals surface area contributed by atoms with Crippen molar-refractivity contribution in [3.05, 3.63) is 12.7 Å². The summed E-state index contributed by atoms with van der Waals surface area (Å²) < 4.78 is 9.44. The van der Waals surface area contributed by atoms with E-state index >= 15 is 0 Å². The van der Waals surface area contributed by atoms with Crippen LogP contribution in [0.3, 0.4) is 0 Å². The number of carboxylic acid groups (broad SMARTS) is 1. The van der Waals surface area contributed by atoms with E-state index in [0.717, 1.165) is 32.5 Å². The zero-order chi connectivity index (χ0) is 9.94. The summed E-state index contributed by atoms with van der Waals surface area (Å²) in [6, 6.07) is 0. The molecular weight excluding hydrogens is 172 g/mol. The Hall–Kier alpha value is -0.870. The number of hydrogen-bond acceptors (Lipinski definition) is 3. The molecule has 2 rings (SSSR count). The Bertz CT molecular complexity index is 128. The Morgan fingerprint density at radius 2 is 1.54 bits per heavy atom. The summed E-state index contributed by atoms with van der Waals surface area (Å²) in [5.74, 6) is -0.981. The first-order valence-corrected chi connectivity index (χ1v) is 4.28. The molecule has 2 aliphatic rings. The van der Waals surface area contributed by atoms with E-state index in [1.165, 1.54) is 12.8 Å². The molecule has 1 N–H and O–H groups in total. The number of aliphatic carboxylic acids is 1. The van der Waals surface area contributed by atoms with Gasteiger partial charge in [0.1, 0.15) is 0 Å². The summed E-state index contributed by atoms with van der Waals surface area (Å²) >= 11 is 0. The molecule has 2 fully saturated rings. The van der Waals surface area contributed by atoms with Crippen LogP contribution < -0.4 is 0 Å². The minimum atomic E-state index is -0.981. The van der Waals surface area contributed by atoms with E-state index in [0.29, 0.717) is 0 Å². The van der Waals surface area contributed by atoms with Crippen molar-refractivity contribution in [2.45, 2.75) is 12.8 Å². The monoisotopic (exact) mass is 188 g/mol. The summed E-state index contributed by atoms with van der Waals surface area (Å²) in [5, 5.41) is 7.60. The molecule has 4 heteroatoms. The Kier molecular flexibility index (Phi) is 8.60. The molecule has 0 amide bonds. The maximum atomic E-state index is 9.25. The van der Waals surface area contributed by atoms with Crippen LogP contribution in [-0.4, -0.2) is 37.5 Å². The summed E-state index contributed by atoms with van der Waals surface area (Å²) in [7, 11) is 0. The van der Waals surface area contributed by atoms with Crippen molar-refractivity contribution < 1.29 is 19.4 Å². The summed E-state index contributed by atoms with van der Waals surface area (Å²) in [6.07, 6.45) is 3.39. The molecular formula is C9H16O4. The third-order valence-corrected chi connectivity index (χ3v) is 1.21. The van der Waals surface area contributed by atoms with E-state index in [1.807, 2.05) is 0 Å². The molecule has 0 aromatic heterocycles. The fourth-order valence-corrected chi connectivity index (χ4v) is 0.510. The second-order valence-electron chi connectivity index (χ2n) is 2.47. The molecule has 0 unspecified atom stereocenters. The first-order chi connectivity index (χ1) is 6.27. The van der Waals surface area contributed by atoms with Crippen molar-refractivity contribution in [3.63, 3.8) is 0 Å². The minimum Gasteiger partial charge on any atom is -0.478 e. The summed E-state index contributed by atoms with van der Waals surface area (Å²) in [4.78, 5) is 9.25. The van der Waals surface area contributed by atoms with Gasteiger partial charge in [0.25, 0.3) is 0 Å². The van der Waals surface area contributed by atoms with Crippen LogP contribution in [0.25, 0.3) is 0 Å². The highest BCUT2D eigenvalue weighted by Gasteiger charge is 1.94. The van der Waals surface area contributed by atoms with Crippen LogP contribution in [0.5, 0.6) is 0 Å². The van der Waals surface area contributed by atoms with Crippen LogP contribution in [0.4, 0.5) is 0 Å². The number of hydrogen-bond donors (Lipinski definition) is 1. The molecule has 0 atom stereocenters. The standard InChI is InChI=1S/C4H8O.C3H4O2.C2H4O/c1-2-4-5-3-1;1-2-3(4)5;1-2-3-1/h1-4H2;2H,1H2,(H,4,5);1-2H2. The van der Waals surface area contributed by atoms with Gasteiger partial charge in [-0.25, -0.2) is 4.79 Å². The van der Waals surface area contributed by atoms with Crippen LogP contribution in [0.15, 0.2) is 12.7 Å². The fourth-order valence-electron chi connectivity index (χ4n) is 0.510. The Morgan fingerprint density at radius 3 is 1.62 bits per heavy atom. The minimum absolute atomic E-state index is 0.833. The average molecular weight is 188 g/mol. The number of carboxylic acids is 1. The molecule has 0 spiro atoms. The van der Waals surface area contributed by atoms with Gasteiger partial charge in [0.2, 0.25) is 0 Å². The molecule has 13 heavy (non-hydrogen) atoms. The Balaban J connectivity index is 0.000000171. The molecule has 76 valence electrons. The van der Waals surface area contributed by atoms with E-state index in [2.05, 4.69) is 11.3 Å². The molecule has 0 saturated carbocycles. The van der Waals surface area contributed by atoms with Gasteiger partial charge in [0, 0.05) is 19.3 Å². The van der Waals surface area contributed by atoms with Crippen LogP contribution in [0.2, 0.25) is 0 Å². The topological polar surface area (TPSA) is 59.1 Å². The highest BCUT2D eigenvalue weighted by Crippen LogP contribution is 1.98. The predicted octanol–water partition coefficient (Wildman–Crippen LogP) is 1.07. The quantitative estimate of drug-likeness (QED) is 0.494. The molecule has 0 aromatic rings. The van der Waals surface area contributed by atoms with Crippen molar-refractivity contribution in [2.24, 2.45) is 0 Å². The van der Waals surface area contributed by atoms with Gasteiger partial charge in [-0.05, 0) is 12.8 Å². The maximum absolute atomic E-state index is 9.25. The lowest BCUT2D eigenvalue weighted by Gasteiger charge is -1.76. The van der Waals surface area contributed by atoms with E-state index in [-0.39, 0.29) is 0 Å². The van der Waals surface area contributed by atoms with Gasteiger partial charge in [-0.2, -0.15) is 0 Å². The van der Waals surface area contributed by atoms with Crippen molar-refractivity contribution in [3.8, 4) is 0 Å². The predicted molar refractivity (Wildman–Crippen MR) is 48.7 cm³/mol. The molecule has 0 radical (unpaired) electrons. The first kappa shape index (κ1) is 12.1. The first-order valence-electron chi connectivity index (χ1n) is 4.28. The summed E-state index contributed by atoms with van der Waals surface area (Å²) in [6.45, 7) is 6.96. The van der Waals surface area contributed by atoms with Crippen LogP contribution in [-0.2, 0) is 14.3 Å². The van der Waals surface area contributed by atoms with E-state index in [4.69, 9.17) is 9.84 Å². The highest BCUT2D eigenvalue weighted by molar-refractivity contribution is 5.78. The van der Waals surface area contributed by atoms with Crippen molar-refractivity contribution in [1.82, 2.24) is 0 Å². The van der Waals surface area contributed by atoms with Gasteiger partial charge in [-0.1, -0.05) is 6.58 Å². The number of epoxide rings is 1. The lowest BCUT2D eigenvalue weighted by molar-refractivity contribution is -0.131. The fraction of sp³-hybridized carbons (Fsp3) is 0.667. The molecule has 0 aromatic carbocycles. The second kappa shape index (κ2) is 9.22. The Morgan fingerprint density at radius 1 is 1.15 bits per heavy atom. The van der Waals surface area contributed by atoms with Crippen LogP contribution in [0.1, 0.15) is 12.8 Å². The van der Waals surface area contributed by atoms with Crippen molar-refractivity contribution in [1.29, 1.82) is 0 Å². The largest absolute Gasteiger partial charge is 0.478 e. The average Bonchev–Trinajstić information content (AvgIpc) is 2.90. The molecule has 2 saturated heterocycles. The van der Waals surface area contributed by atoms with Gasteiger partial charge in [0.15, 0.2) is 0 Å². The highest BCUT2D eigenvalue weighted by atomic mass is 16.6. The van der Waals surface area contributed by atoms with E-state index in [9.17, 15) is 4.79 Å². The van der Waals surface area contributed by atoms with Gasteiger partial charge >= 0.3 is 5.97 Å². The lowest BCUT2D eigenvalue weighted by atomic mass is 10.4. The number of ether oxygens (including phenoxy) is 2. The zero-order valence-corrected chi connectivity index (χ0v) is 7.70. The SMILES string of the molecule is C1CCOC1.C1CO1.C=CC(=O)O. The third-order valence-electron chi connectivity index (χ3n) is 1.21. The van der Waals surface area contributed by atoms with Crippen molar-refractivity contribution in [2.75, 3.05) is 26.4 Å². The maximum Gasteiger partial charge on any atom is 0.327 e. The van der Waals surface area contributed by atoms with Crippen molar-refractivity contribution >= 4 is 5.97 Å². The molecule has 2 aliphatic heterocycles. The van der Waals surface area contributed by atoms with Crippen LogP contribution in [0, 0.1) is 0 Å². The van der Waals surface area contributed by atoms with Gasteiger partial charge in [-0.15, -0.1) is 0 Å². The third kappa shape index (κ3) is 18.2. The molecule has 0 aliphatic carbocycles. The molecule has 0 bridgehead atoms. The smallest absolute Gasteiger partial charge is 0.327 e. The second-order valence-corrected chi connectivity index (χ2v) is 2.47. The lowest BCUT2D eigenvalue weighted by Crippen LogP contribution is -1.82.